The third-order valence-electron chi connectivity index (χ3n) is 3.25. The van der Waals surface area contributed by atoms with E-state index in [0.29, 0.717) is 10.6 Å². The number of rotatable bonds is 2. The highest BCUT2D eigenvalue weighted by Crippen LogP contribution is 2.47. The van der Waals surface area contributed by atoms with E-state index in [1.807, 2.05) is 17.5 Å². The largest absolute Gasteiger partial charge is 0.396 e. The lowest BCUT2D eigenvalue weighted by molar-refractivity contribution is 1.43. The minimum absolute atomic E-state index is 0.589. The van der Waals surface area contributed by atoms with E-state index in [4.69, 9.17) is 5.73 Å². The highest BCUT2D eigenvalue weighted by molar-refractivity contribution is 14.1. The Hall–Kier alpha value is -1.36. The molecule has 2 N–H and O–H groups in total. The molecule has 0 radical (unpaired) electrons. The van der Waals surface area contributed by atoms with Crippen LogP contribution < -0.4 is 5.73 Å². The summed E-state index contributed by atoms with van der Waals surface area (Å²) in [6.45, 7) is 2.10. The van der Waals surface area contributed by atoms with Gasteiger partial charge in [0.15, 0.2) is 0 Å². The van der Waals surface area contributed by atoms with E-state index in [1.165, 1.54) is 20.5 Å². The number of halogens is 1. The van der Waals surface area contributed by atoms with Gasteiger partial charge in [-0.3, -0.25) is 0 Å². The van der Waals surface area contributed by atoms with E-state index < -0.39 is 0 Å². The number of aryl methyl sites for hydroxylation is 1. The van der Waals surface area contributed by atoms with Crippen LogP contribution in [0.25, 0.3) is 20.9 Å². The van der Waals surface area contributed by atoms with Crippen molar-refractivity contribution in [3.63, 3.8) is 0 Å². The molecule has 0 fully saturated rings. The van der Waals surface area contributed by atoms with Gasteiger partial charge in [0.05, 0.1) is 5.69 Å². The van der Waals surface area contributed by atoms with Crippen LogP contribution in [0.3, 0.4) is 0 Å². The second-order valence-corrected chi connectivity index (χ2v) is 7.62. The molecule has 2 heterocycles. The van der Waals surface area contributed by atoms with Crippen LogP contribution >= 0.6 is 45.3 Å². The number of hydrogen-bond acceptors (Lipinski definition) is 4. The molecule has 0 saturated carbocycles. The summed E-state index contributed by atoms with van der Waals surface area (Å²) < 4.78 is 1.21. The first-order valence-corrected chi connectivity index (χ1v) is 9.02. The fourth-order valence-corrected chi connectivity index (χ4v) is 4.94. The van der Waals surface area contributed by atoms with Crippen LogP contribution in [-0.2, 0) is 0 Å². The van der Waals surface area contributed by atoms with Crippen molar-refractivity contribution in [3.05, 3.63) is 49.7 Å². The van der Waals surface area contributed by atoms with Crippen molar-refractivity contribution >= 4 is 51.0 Å². The second-order valence-electron chi connectivity index (χ2n) is 4.57. The van der Waals surface area contributed by atoms with E-state index in [9.17, 15) is 5.26 Å². The average Bonchev–Trinajstić information content (AvgIpc) is 3.09. The van der Waals surface area contributed by atoms with Crippen molar-refractivity contribution in [1.82, 2.24) is 0 Å². The molecular formula is C16H11IN2S2. The van der Waals surface area contributed by atoms with Gasteiger partial charge in [-0.2, -0.15) is 5.26 Å². The molecule has 0 aliphatic rings. The average molecular weight is 422 g/mol. The zero-order valence-electron chi connectivity index (χ0n) is 11.2. The molecule has 2 aromatic heterocycles. The fraction of sp³-hybridized carbons (Fsp3) is 0.0625. The predicted molar refractivity (Wildman–Crippen MR) is 99.6 cm³/mol. The number of benzene rings is 1. The van der Waals surface area contributed by atoms with E-state index in [0.717, 1.165) is 20.9 Å². The lowest BCUT2D eigenvalue weighted by Gasteiger charge is -2.08. The van der Waals surface area contributed by atoms with E-state index >= 15 is 0 Å². The van der Waals surface area contributed by atoms with Crippen LogP contribution in [0.5, 0.6) is 0 Å². The maximum atomic E-state index is 9.31. The van der Waals surface area contributed by atoms with Crippen molar-refractivity contribution in [2.75, 3.05) is 5.73 Å². The number of nitrogens with zero attached hydrogens (tertiary/aromatic N) is 1. The molecule has 21 heavy (non-hydrogen) atoms. The molecule has 3 aromatic rings. The Bertz CT molecular complexity index is 842. The molecular weight excluding hydrogens is 411 g/mol. The monoisotopic (exact) mass is 422 g/mol. The van der Waals surface area contributed by atoms with Crippen LogP contribution in [-0.4, -0.2) is 0 Å². The van der Waals surface area contributed by atoms with Gasteiger partial charge in [0, 0.05) is 24.5 Å². The first-order valence-electron chi connectivity index (χ1n) is 6.25. The second kappa shape index (κ2) is 5.79. The highest BCUT2D eigenvalue weighted by Gasteiger charge is 2.21. The third-order valence-corrected chi connectivity index (χ3v) is 6.71. The van der Waals surface area contributed by atoms with Gasteiger partial charge in [0.2, 0.25) is 0 Å². The lowest BCUT2D eigenvalue weighted by Crippen LogP contribution is -1.89. The number of thiophene rings is 2. The molecule has 3 rings (SSSR count). The summed E-state index contributed by atoms with van der Waals surface area (Å²) in [5, 5.41) is 11.3. The van der Waals surface area contributed by atoms with Crippen LogP contribution in [0.2, 0.25) is 0 Å². The normalized spacial score (nSPS) is 10.5. The zero-order chi connectivity index (χ0) is 15.0. The maximum absolute atomic E-state index is 9.31. The summed E-state index contributed by atoms with van der Waals surface area (Å²) >= 11 is 5.49. The summed E-state index contributed by atoms with van der Waals surface area (Å²) in [7, 11) is 0. The van der Waals surface area contributed by atoms with Gasteiger partial charge in [0.1, 0.15) is 10.9 Å². The standard InChI is InChI=1S/C16H11IN2S2/c1-9-4-2-5-10(14(9)17)16-13(11-6-3-7-20-11)15(19)12(8-18)21-16/h2-7H,19H2,1H3. The molecule has 104 valence electrons. The molecule has 0 aliphatic heterocycles. The summed E-state index contributed by atoms with van der Waals surface area (Å²) in [4.78, 5) is 2.78. The van der Waals surface area contributed by atoms with Gasteiger partial charge >= 0.3 is 0 Å². The van der Waals surface area contributed by atoms with E-state index in [1.54, 1.807) is 11.3 Å². The SMILES string of the molecule is Cc1cccc(-c2sc(C#N)c(N)c2-c2cccs2)c1I. The minimum atomic E-state index is 0.589. The Balaban J connectivity index is 2.33. The minimum Gasteiger partial charge on any atom is -0.396 e. The fourth-order valence-electron chi connectivity index (χ4n) is 2.20. The van der Waals surface area contributed by atoms with Gasteiger partial charge in [-0.1, -0.05) is 24.3 Å². The van der Waals surface area contributed by atoms with Crippen molar-refractivity contribution in [3.8, 4) is 27.0 Å². The Kier molecular flexibility index (Phi) is 4.02. The number of nitrogen functional groups attached to an aromatic ring is 1. The molecule has 0 unspecified atom stereocenters. The van der Waals surface area contributed by atoms with Crippen molar-refractivity contribution in [1.29, 1.82) is 5.26 Å². The summed E-state index contributed by atoms with van der Waals surface area (Å²) in [5.41, 5.74) is 10.2. The highest BCUT2D eigenvalue weighted by atomic mass is 127. The predicted octanol–water partition coefficient (Wildman–Crippen LogP) is 5.51. The number of nitrogens with two attached hydrogens (primary N) is 1. The van der Waals surface area contributed by atoms with Crippen LogP contribution in [0.4, 0.5) is 5.69 Å². The summed E-state index contributed by atoms with van der Waals surface area (Å²) in [6, 6.07) is 12.5. The van der Waals surface area contributed by atoms with E-state index in [2.05, 4.69) is 53.8 Å². The van der Waals surface area contributed by atoms with E-state index in [-0.39, 0.29) is 0 Å². The summed E-state index contributed by atoms with van der Waals surface area (Å²) in [6.07, 6.45) is 0. The zero-order valence-corrected chi connectivity index (χ0v) is 15.0. The van der Waals surface area contributed by atoms with Crippen molar-refractivity contribution in [2.24, 2.45) is 0 Å². The van der Waals surface area contributed by atoms with Crippen LogP contribution in [0.15, 0.2) is 35.7 Å². The van der Waals surface area contributed by atoms with Crippen molar-refractivity contribution in [2.45, 2.75) is 6.92 Å². The quantitative estimate of drug-likeness (QED) is 0.554. The van der Waals surface area contributed by atoms with Crippen LogP contribution in [0, 0.1) is 21.8 Å². The molecule has 0 saturated heterocycles. The summed E-state index contributed by atoms with van der Waals surface area (Å²) in [5.74, 6) is 0. The Morgan fingerprint density at radius 3 is 2.71 bits per heavy atom. The third kappa shape index (κ3) is 2.48. The van der Waals surface area contributed by atoms with Gasteiger partial charge in [-0.15, -0.1) is 22.7 Å². The lowest BCUT2D eigenvalue weighted by atomic mass is 10.0. The van der Waals surface area contributed by atoms with Gasteiger partial charge < -0.3 is 5.73 Å². The molecule has 0 amide bonds. The number of anilines is 1. The molecule has 0 bridgehead atoms. The molecule has 0 spiro atoms. The smallest absolute Gasteiger partial charge is 0.129 e. The Morgan fingerprint density at radius 1 is 1.24 bits per heavy atom. The number of nitriles is 1. The van der Waals surface area contributed by atoms with Gasteiger partial charge in [0.25, 0.3) is 0 Å². The van der Waals surface area contributed by atoms with Gasteiger partial charge in [-0.05, 0) is 46.5 Å². The first-order chi connectivity index (χ1) is 10.1. The molecule has 5 heteroatoms. The topological polar surface area (TPSA) is 49.8 Å². The van der Waals surface area contributed by atoms with Gasteiger partial charge in [-0.25, -0.2) is 0 Å². The molecule has 1 aromatic carbocycles. The van der Waals surface area contributed by atoms with Crippen molar-refractivity contribution < 1.29 is 0 Å². The molecule has 0 atom stereocenters. The first kappa shape index (κ1) is 14.6. The van der Waals surface area contributed by atoms with Crippen LogP contribution in [0.1, 0.15) is 10.4 Å². The Labute approximate surface area is 145 Å². The molecule has 2 nitrogen and oxygen atoms in total. The Morgan fingerprint density at radius 2 is 2.05 bits per heavy atom. The molecule has 0 aliphatic carbocycles. The maximum Gasteiger partial charge on any atom is 0.129 e. The number of hydrogen-bond donors (Lipinski definition) is 1.